The Kier molecular flexibility index (Phi) is 3.33. The standard InChI is InChI=1S/C15H17ClN2O/c16-11-3-4-12-13(5-8-17-14(12)9-11)18-10-15(19)6-1-2-7-15/h3-5,8-9,19H,1-2,6-7,10H2,(H,17,18). The van der Waals surface area contributed by atoms with Crippen molar-refractivity contribution in [1.29, 1.82) is 0 Å². The molecule has 0 radical (unpaired) electrons. The van der Waals surface area contributed by atoms with Crippen LogP contribution >= 0.6 is 11.6 Å². The van der Waals surface area contributed by atoms with E-state index in [1.54, 1.807) is 6.20 Å². The number of benzene rings is 1. The van der Waals surface area contributed by atoms with Crippen LogP contribution in [-0.2, 0) is 0 Å². The zero-order valence-electron chi connectivity index (χ0n) is 10.7. The molecule has 2 aromatic rings. The van der Waals surface area contributed by atoms with E-state index in [4.69, 9.17) is 11.6 Å². The fraction of sp³-hybridized carbons (Fsp3) is 0.400. The van der Waals surface area contributed by atoms with Crippen LogP contribution in [0.2, 0.25) is 5.02 Å². The normalized spacial score (nSPS) is 17.8. The molecule has 100 valence electrons. The summed E-state index contributed by atoms with van der Waals surface area (Å²) in [6.07, 6.45) is 5.76. The van der Waals surface area contributed by atoms with Crippen LogP contribution in [0.3, 0.4) is 0 Å². The van der Waals surface area contributed by atoms with E-state index in [0.29, 0.717) is 11.6 Å². The largest absolute Gasteiger partial charge is 0.388 e. The molecular formula is C15H17ClN2O. The zero-order chi connectivity index (χ0) is 13.3. The summed E-state index contributed by atoms with van der Waals surface area (Å²) in [5.74, 6) is 0. The lowest BCUT2D eigenvalue weighted by molar-refractivity contribution is 0.0615. The van der Waals surface area contributed by atoms with Gasteiger partial charge < -0.3 is 10.4 Å². The van der Waals surface area contributed by atoms with E-state index in [2.05, 4.69) is 10.3 Å². The summed E-state index contributed by atoms with van der Waals surface area (Å²) in [4.78, 5) is 4.31. The topological polar surface area (TPSA) is 45.1 Å². The Morgan fingerprint density at radius 1 is 1.26 bits per heavy atom. The molecule has 0 aliphatic heterocycles. The monoisotopic (exact) mass is 276 g/mol. The molecule has 19 heavy (non-hydrogen) atoms. The first-order valence-electron chi connectivity index (χ1n) is 6.67. The van der Waals surface area contributed by atoms with Crippen molar-refractivity contribution in [2.45, 2.75) is 31.3 Å². The Morgan fingerprint density at radius 3 is 2.84 bits per heavy atom. The van der Waals surface area contributed by atoms with Crippen molar-refractivity contribution in [3.05, 3.63) is 35.5 Å². The van der Waals surface area contributed by atoms with Crippen LogP contribution in [0.15, 0.2) is 30.5 Å². The van der Waals surface area contributed by atoms with Gasteiger partial charge in [0.2, 0.25) is 0 Å². The molecule has 0 atom stereocenters. The van der Waals surface area contributed by atoms with Gasteiger partial charge in [-0.2, -0.15) is 0 Å². The number of aliphatic hydroxyl groups is 1. The quantitative estimate of drug-likeness (QED) is 0.900. The number of nitrogens with one attached hydrogen (secondary N) is 1. The summed E-state index contributed by atoms with van der Waals surface area (Å²) in [5, 5.41) is 15.4. The molecule has 1 aliphatic rings. The third-order valence-corrected chi connectivity index (χ3v) is 4.08. The Morgan fingerprint density at radius 2 is 2.05 bits per heavy atom. The Labute approximate surface area is 117 Å². The summed E-state index contributed by atoms with van der Waals surface area (Å²) in [6.45, 7) is 0.592. The number of hydrogen-bond acceptors (Lipinski definition) is 3. The predicted molar refractivity (Wildman–Crippen MR) is 78.7 cm³/mol. The van der Waals surface area contributed by atoms with Crippen LogP contribution in [0.4, 0.5) is 5.69 Å². The van der Waals surface area contributed by atoms with Crippen molar-refractivity contribution in [2.75, 3.05) is 11.9 Å². The lowest BCUT2D eigenvalue weighted by atomic mass is 10.0. The molecule has 0 bridgehead atoms. The maximum atomic E-state index is 10.4. The van der Waals surface area contributed by atoms with Gasteiger partial charge in [0.25, 0.3) is 0 Å². The number of fused-ring (bicyclic) bond motifs is 1. The van der Waals surface area contributed by atoms with E-state index in [0.717, 1.165) is 42.3 Å². The summed E-state index contributed by atoms with van der Waals surface area (Å²) in [6, 6.07) is 7.62. The molecule has 1 heterocycles. The average molecular weight is 277 g/mol. The number of aromatic nitrogens is 1. The van der Waals surface area contributed by atoms with E-state index in [1.165, 1.54) is 0 Å². The first-order valence-corrected chi connectivity index (χ1v) is 7.05. The molecule has 1 saturated carbocycles. The minimum absolute atomic E-state index is 0.554. The van der Waals surface area contributed by atoms with Gasteiger partial charge in [0, 0.05) is 28.8 Å². The highest BCUT2D eigenvalue weighted by Gasteiger charge is 2.30. The summed E-state index contributed by atoms with van der Waals surface area (Å²) in [7, 11) is 0. The molecule has 1 aromatic carbocycles. The second-order valence-electron chi connectivity index (χ2n) is 5.30. The highest BCUT2D eigenvalue weighted by atomic mass is 35.5. The van der Waals surface area contributed by atoms with Crippen LogP contribution in [0.25, 0.3) is 10.9 Å². The number of nitrogens with zero attached hydrogens (tertiary/aromatic N) is 1. The molecule has 1 aromatic heterocycles. The Hall–Kier alpha value is -1.32. The van der Waals surface area contributed by atoms with E-state index < -0.39 is 5.60 Å². The summed E-state index contributed by atoms with van der Waals surface area (Å²) < 4.78 is 0. The predicted octanol–water partition coefficient (Wildman–Crippen LogP) is 3.61. The van der Waals surface area contributed by atoms with Gasteiger partial charge in [-0.25, -0.2) is 0 Å². The van der Waals surface area contributed by atoms with Gasteiger partial charge in [-0.15, -0.1) is 0 Å². The molecule has 2 N–H and O–H groups in total. The van der Waals surface area contributed by atoms with Crippen molar-refractivity contribution >= 4 is 28.2 Å². The number of halogens is 1. The van der Waals surface area contributed by atoms with Crippen molar-refractivity contribution in [1.82, 2.24) is 4.98 Å². The zero-order valence-corrected chi connectivity index (χ0v) is 11.5. The Balaban J connectivity index is 1.84. The van der Waals surface area contributed by atoms with Crippen LogP contribution in [0, 0.1) is 0 Å². The number of pyridine rings is 1. The average Bonchev–Trinajstić information content (AvgIpc) is 2.83. The van der Waals surface area contributed by atoms with Crippen molar-refractivity contribution in [2.24, 2.45) is 0 Å². The fourth-order valence-electron chi connectivity index (χ4n) is 2.75. The fourth-order valence-corrected chi connectivity index (χ4v) is 2.91. The van der Waals surface area contributed by atoms with Gasteiger partial charge >= 0.3 is 0 Å². The minimum Gasteiger partial charge on any atom is -0.388 e. The lowest BCUT2D eigenvalue weighted by Gasteiger charge is -2.23. The summed E-state index contributed by atoms with van der Waals surface area (Å²) >= 11 is 5.97. The van der Waals surface area contributed by atoms with Crippen LogP contribution in [0.5, 0.6) is 0 Å². The first-order chi connectivity index (χ1) is 9.16. The molecule has 4 heteroatoms. The van der Waals surface area contributed by atoms with E-state index in [-0.39, 0.29) is 0 Å². The molecule has 0 amide bonds. The second-order valence-corrected chi connectivity index (χ2v) is 5.74. The number of rotatable bonds is 3. The van der Waals surface area contributed by atoms with Gasteiger partial charge in [0.1, 0.15) is 0 Å². The van der Waals surface area contributed by atoms with Gasteiger partial charge in [0.05, 0.1) is 11.1 Å². The van der Waals surface area contributed by atoms with Crippen molar-refractivity contribution in [3.8, 4) is 0 Å². The highest BCUT2D eigenvalue weighted by molar-refractivity contribution is 6.31. The molecule has 0 saturated heterocycles. The number of anilines is 1. The van der Waals surface area contributed by atoms with E-state index in [9.17, 15) is 5.11 Å². The van der Waals surface area contributed by atoms with Gasteiger partial charge in [-0.1, -0.05) is 24.4 Å². The maximum absolute atomic E-state index is 10.4. The molecule has 1 aliphatic carbocycles. The summed E-state index contributed by atoms with van der Waals surface area (Å²) in [5.41, 5.74) is 1.32. The molecule has 3 rings (SSSR count). The molecular weight excluding hydrogens is 260 g/mol. The van der Waals surface area contributed by atoms with Crippen LogP contribution in [-0.4, -0.2) is 22.2 Å². The van der Waals surface area contributed by atoms with Gasteiger partial charge in [0.15, 0.2) is 0 Å². The van der Waals surface area contributed by atoms with Crippen LogP contribution < -0.4 is 5.32 Å². The third-order valence-electron chi connectivity index (χ3n) is 3.85. The van der Waals surface area contributed by atoms with E-state index in [1.807, 2.05) is 24.3 Å². The van der Waals surface area contributed by atoms with Crippen molar-refractivity contribution in [3.63, 3.8) is 0 Å². The number of hydrogen-bond donors (Lipinski definition) is 2. The highest BCUT2D eigenvalue weighted by Crippen LogP contribution is 2.31. The molecule has 1 fully saturated rings. The Bertz CT molecular complexity index is 594. The SMILES string of the molecule is OC1(CNc2ccnc3cc(Cl)ccc23)CCCC1. The minimum atomic E-state index is -0.554. The van der Waals surface area contributed by atoms with Gasteiger partial charge in [-0.3, -0.25) is 4.98 Å². The smallest absolute Gasteiger partial charge is 0.0819 e. The molecule has 0 unspecified atom stereocenters. The maximum Gasteiger partial charge on any atom is 0.0819 e. The van der Waals surface area contributed by atoms with Gasteiger partial charge in [-0.05, 0) is 37.1 Å². The molecule has 0 spiro atoms. The van der Waals surface area contributed by atoms with E-state index >= 15 is 0 Å². The molecule has 3 nitrogen and oxygen atoms in total. The van der Waals surface area contributed by atoms with Crippen molar-refractivity contribution < 1.29 is 5.11 Å². The third kappa shape index (κ3) is 2.67. The van der Waals surface area contributed by atoms with Crippen LogP contribution in [0.1, 0.15) is 25.7 Å². The second kappa shape index (κ2) is 4.99. The first kappa shape index (κ1) is 12.7. The lowest BCUT2D eigenvalue weighted by Crippen LogP contribution is -2.33.